The molecule has 1 N–H and O–H groups in total. The molecule has 1 aromatic rings. The molecule has 0 aromatic heterocycles. The van der Waals surface area contributed by atoms with Gasteiger partial charge in [-0.25, -0.2) is 4.72 Å². The predicted molar refractivity (Wildman–Crippen MR) is 104 cm³/mol. The Labute approximate surface area is 162 Å². The van der Waals surface area contributed by atoms with Gasteiger partial charge in [0.2, 0.25) is 0 Å². The summed E-state index contributed by atoms with van der Waals surface area (Å²) in [4.78, 5) is 2.62. The predicted octanol–water partition coefficient (Wildman–Crippen LogP) is 1.03. The second-order valence-electron chi connectivity index (χ2n) is 8.93. The van der Waals surface area contributed by atoms with Crippen molar-refractivity contribution >= 4 is 10.2 Å². The first kappa shape index (κ1) is 18.1. The normalized spacial score (nSPS) is 35.9. The fourth-order valence-corrected chi connectivity index (χ4v) is 6.56. The van der Waals surface area contributed by atoms with Crippen LogP contribution in [0.15, 0.2) is 24.3 Å². The molecule has 1 aliphatic carbocycles. The van der Waals surface area contributed by atoms with Crippen molar-refractivity contribution in [2.24, 2.45) is 11.8 Å². The topological polar surface area (TPSA) is 61.9 Å². The number of likely N-dealkylation sites (tertiary alicyclic amines) is 1. The lowest BCUT2D eigenvalue weighted by Gasteiger charge is -2.29. The van der Waals surface area contributed by atoms with E-state index in [1.165, 1.54) is 15.4 Å². The average Bonchev–Trinajstić information content (AvgIpc) is 3.37. The minimum atomic E-state index is -3.38. The van der Waals surface area contributed by atoms with Crippen LogP contribution in [-0.4, -0.2) is 69.1 Å². The third-order valence-electron chi connectivity index (χ3n) is 7.34. The third kappa shape index (κ3) is 2.86. The van der Waals surface area contributed by atoms with Gasteiger partial charge in [0.05, 0.1) is 11.7 Å². The summed E-state index contributed by atoms with van der Waals surface area (Å²) in [5, 5.41) is 0. The SMILES string of the molecule is CN(C)S(=O)(=O)NC[C@H]1[C@H]2CN(C3Cc4ccccc4C3)C[C@]23CC[C@H]1O3. The highest BCUT2D eigenvalue weighted by atomic mass is 32.2. The largest absolute Gasteiger partial charge is 0.370 e. The molecule has 27 heavy (non-hydrogen) atoms. The molecule has 3 aliphatic heterocycles. The van der Waals surface area contributed by atoms with Crippen molar-refractivity contribution in [3.63, 3.8) is 0 Å². The monoisotopic (exact) mass is 391 g/mol. The van der Waals surface area contributed by atoms with Crippen LogP contribution in [0, 0.1) is 11.8 Å². The van der Waals surface area contributed by atoms with Crippen LogP contribution >= 0.6 is 0 Å². The highest BCUT2D eigenvalue weighted by Crippen LogP contribution is 2.55. The van der Waals surface area contributed by atoms with Gasteiger partial charge in [-0.15, -0.1) is 0 Å². The fourth-order valence-electron chi connectivity index (χ4n) is 5.90. The minimum absolute atomic E-state index is 0.0480. The summed E-state index contributed by atoms with van der Waals surface area (Å²) >= 11 is 0. The second-order valence-corrected chi connectivity index (χ2v) is 10.9. The van der Waals surface area contributed by atoms with Gasteiger partial charge in [-0.3, -0.25) is 4.90 Å². The van der Waals surface area contributed by atoms with Crippen LogP contribution in [0.4, 0.5) is 0 Å². The van der Waals surface area contributed by atoms with Crippen LogP contribution in [-0.2, 0) is 27.8 Å². The maximum atomic E-state index is 12.1. The fraction of sp³-hybridized carbons (Fsp3) is 0.700. The molecule has 2 bridgehead atoms. The molecule has 3 heterocycles. The summed E-state index contributed by atoms with van der Waals surface area (Å²) in [6, 6.07) is 9.34. The number of rotatable bonds is 5. The molecule has 0 amide bonds. The lowest BCUT2D eigenvalue weighted by atomic mass is 9.74. The van der Waals surface area contributed by atoms with Crippen molar-refractivity contribution < 1.29 is 13.2 Å². The molecule has 0 saturated carbocycles. The summed E-state index contributed by atoms with van der Waals surface area (Å²) in [5.74, 6) is 0.715. The lowest BCUT2D eigenvalue weighted by molar-refractivity contribution is -0.000676. The Kier molecular flexibility index (Phi) is 4.19. The summed E-state index contributed by atoms with van der Waals surface area (Å²) in [6.45, 7) is 2.52. The second kappa shape index (κ2) is 6.26. The molecule has 1 aromatic carbocycles. The molecular formula is C20H29N3O3S. The van der Waals surface area contributed by atoms with Gasteiger partial charge in [0.25, 0.3) is 10.2 Å². The molecule has 3 saturated heterocycles. The number of hydrogen-bond donors (Lipinski definition) is 1. The van der Waals surface area contributed by atoms with Gasteiger partial charge in [0, 0.05) is 51.6 Å². The first-order chi connectivity index (χ1) is 12.9. The van der Waals surface area contributed by atoms with Crippen molar-refractivity contribution in [2.75, 3.05) is 33.7 Å². The zero-order valence-corrected chi connectivity index (χ0v) is 16.9. The lowest BCUT2D eigenvalue weighted by Crippen LogP contribution is -2.44. The molecule has 148 valence electrons. The number of benzene rings is 1. The molecule has 1 spiro atoms. The average molecular weight is 392 g/mol. The van der Waals surface area contributed by atoms with Gasteiger partial charge >= 0.3 is 0 Å². The Morgan fingerprint density at radius 2 is 1.96 bits per heavy atom. The molecule has 5 rings (SSSR count). The van der Waals surface area contributed by atoms with Gasteiger partial charge < -0.3 is 4.74 Å². The van der Waals surface area contributed by atoms with Crippen molar-refractivity contribution in [2.45, 2.75) is 43.4 Å². The van der Waals surface area contributed by atoms with Crippen molar-refractivity contribution in [3.05, 3.63) is 35.4 Å². The van der Waals surface area contributed by atoms with Crippen molar-refractivity contribution in [1.82, 2.24) is 13.9 Å². The van der Waals surface area contributed by atoms with Crippen LogP contribution in [0.3, 0.4) is 0 Å². The standard InChI is InChI=1S/C20H29N3O3S/c1-22(2)27(24,25)21-11-17-18-12-23(13-20(18)8-7-19(17)26-20)16-9-14-5-3-4-6-15(14)10-16/h3-6,16-19,21H,7-13H2,1-2H3/t17-,18+,19+,20+/m0/s1. The van der Waals surface area contributed by atoms with E-state index in [1.54, 1.807) is 14.1 Å². The van der Waals surface area contributed by atoms with Crippen LogP contribution < -0.4 is 4.72 Å². The van der Waals surface area contributed by atoms with Gasteiger partial charge in [0.15, 0.2) is 0 Å². The first-order valence-electron chi connectivity index (χ1n) is 10.0. The molecule has 0 radical (unpaired) electrons. The summed E-state index contributed by atoms with van der Waals surface area (Å²) in [7, 11) is -0.253. The number of hydrogen-bond acceptors (Lipinski definition) is 4. The van der Waals surface area contributed by atoms with Gasteiger partial charge in [-0.1, -0.05) is 24.3 Å². The molecule has 4 aliphatic rings. The zero-order valence-electron chi connectivity index (χ0n) is 16.1. The maximum Gasteiger partial charge on any atom is 0.278 e. The van der Waals surface area contributed by atoms with E-state index in [4.69, 9.17) is 4.74 Å². The molecule has 0 unspecified atom stereocenters. The maximum absolute atomic E-state index is 12.1. The van der Waals surface area contributed by atoms with Gasteiger partial charge in [-0.05, 0) is 36.8 Å². The Morgan fingerprint density at radius 3 is 2.63 bits per heavy atom. The van der Waals surface area contributed by atoms with Crippen molar-refractivity contribution in [3.8, 4) is 0 Å². The Morgan fingerprint density at radius 1 is 1.26 bits per heavy atom. The Hall–Kier alpha value is -0.990. The van der Waals surface area contributed by atoms with E-state index in [0.717, 1.165) is 38.8 Å². The zero-order chi connectivity index (χ0) is 18.8. The van der Waals surface area contributed by atoms with Crippen LogP contribution in [0.1, 0.15) is 24.0 Å². The van der Waals surface area contributed by atoms with E-state index in [9.17, 15) is 8.42 Å². The van der Waals surface area contributed by atoms with Gasteiger partial charge in [-0.2, -0.15) is 12.7 Å². The van der Waals surface area contributed by atoms with Crippen LogP contribution in [0.25, 0.3) is 0 Å². The third-order valence-corrected chi connectivity index (χ3v) is 8.83. The molecule has 6 nitrogen and oxygen atoms in total. The van der Waals surface area contributed by atoms with Crippen LogP contribution in [0.5, 0.6) is 0 Å². The Balaban J connectivity index is 1.30. The Bertz CT molecular complexity index is 818. The molecule has 3 fully saturated rings. The quantitative estimate of drug-likeness (QED) is 0.814. The minimum Gasteiger partial charge on any atom is -0.370 e. The molecular weight excluding hydrogens is 362 g/mol. The highest BCUT2D eigenvalue weighted by molar-refractivity contribution is 7.87. The molecule has 4 atom stereocenters. The number of fused-ring (bicyclic) bond motifs is 2. The summed E-state index contributed by atoms with van der Waals surface area (Å²) < 4.78 is 34.8. The van der Waals surface area contributed by atoms with Crippen LogP contribution in [0.2, 0.25) is 0 Å². The summed E-state index contributed by atoms with van der Waals surface area (Å²) in [5.41, 5.74) is 2.92. The van der Waals surface area contributed by atoms with E-state index >= 15 is 0 Å². The van der Waals surface area contributed by atoms with Crippen molar-refractivity contribution in [1.29, 1.82) is 0 Å². The van der Waals surface area contributed by atoms with E-state index < -0.39 is 10.2 Å². The smallest absolute Gasteiger partial charge is 0.278 e. The van der Waals surface area contributed by atoms with E-state index in [-0.39, 0.29) is 17.6 Å². The van der Waals surface area contributed by atoms with E-state index in [2.05, 4.69) is 33.9 Å². The number of ether oxygens (including phenoxy) is 1. The van der Waals surface area contributed by atoms with E-state index in [1.807, 2.05) is 0 Å². The van der Waals surface area contributed by atoms with E-state index in [0.29, 0.717) is 18.5 Å². The number of nitrogens with one attached hydrogen (secondary N) is 1. The molecule has 7 heteroatoms. The first-order valence-corrected chi connectivity index (χ1v) is 11.5. The highest BCUT2D eigenvalue weighted by Gasteiger charge is 2.63. The summed E-state index contributed by atoms with van der Waals surface area (Å²) in [6.07, 6.45) is 4.64. The number of nitrogens with zero attached hydrogens (tertiary/aromatic N) is 2. The van der Waals surface area contributed by atoms with Gasteiger partial charge in [0.1, 0.15) is 0 Å².